The van der Waals surface area contributed by atoms with Crippen molar-refractivity contribution >= 4 is 17.7 Å². The van der Waals surface area contributed by atoms with Crippen LogP contribution < -0.4 is 19.5 Å². The first-order chi connectivity index (χ1) is 14.4. The highest BCUT2D eigenvalue weighted by molar-refractivity contribution is 6.22. The lowest BCUT2D eigenvalue weighted by Gasteiger charge is -2.14. The number of imide groups is 1. The van der Waals surface area contributed by atoms with Crippen molar-refractivity contribution in [3.05, 3.63) is 65.2 Å². The van der Waals surface area contributed by atoms with Crippen molar-refractivity contribution in [3.8, 4) is 17.2 Å². The topological polar surface area (TPSA) is 94.2 Å². The number of hydrogen-bond donors (Lipinski definition) is 1. The highest BCUT2D eigenvalue weighted by Gasteiger charge is 2.35. The second kappa shape index (κ2) is 8.69. The van der Waals surface area contributed by atoms with Crippen molar-refractivity contribution in [2.45, 2.75) is 6.54 Å². The molecule has 1 aliphatic heterocycles. The van der Waals surface area contributed by atoms with Gasteiger partial charge in [0, 0.05) is 18.7 Å². The number of benzene rings is 2. The third kappa shape index (κ3) is 3.71. The fourth-order valence-electron chi connectivity index (χ4n) is 3.25. The molecule has 1 aliphatic rings. The standard InChI is InChI=1S/C22H22N2O6/c1-5-8-24-21(26)15-7-6-14(11-16(15)22(24)27)20(25)23-12-13-9-17(28-2)19(30-4)18(10-13)29-3/h5-7,9-11H,1,8,12H2,2-4H3,(H,23,25). The number of carbonyl (C=O) groups is 3. The lowest BCUT2D eigenvalue weighted by molar-refractivity contribution is 0.0672. The number of nitrogens with zero attached hydrogens (tertiary/aromatic N) is 1. The van der Waals surface area contributed by atoms with E-state index in [1.807, 2.05) is 0 Å². The lowest BCUT2D eigenvalue weighted by atomic mass is 10.1. The Morgan fingerprint density at radius 2 is 1.63 bits per heavy atom. The van der Waals surface area contributed by atoms with Crippen molar-refractivity contribution < 1.29 is 28.6 Å². The largest absolute Gasteiger partial charge is 0.493 e. The second-order valence-corrected chi connectivity index (χ2v) is 6.49. The summed E-state index contributed by atoms with van der Waals surface area (Å²) in [5, 5.41) is 2.79. The third-order valence-electron chi connectivity index (χ3n) is 4.72. The highest BCUT2D eigenvalue weighted by Crippen LogP contribution is 2.38. The Morgan fingerprint density at radius 1 is 1.00 bits per heavy atom. The molecule has 1 heterocycles. The Bertz CT molecular complexity index is 1010. The first-order valence-corrected chi connectivity index (χ1v) is 9.13. The van der Waals surface area contributed by atoms with E-state index in [2.05, 4.69) is 11.9 Å². The number of hydrogen-bond acceptors (Lipinski definition) is 6. The molecule has 0 bridgehead atoms. The van der Waals surface area contributed by atoms with Crippen LogP contribution in [0.2, 0.25) is 0 Å². The Balaban J connectivity index is 1.78. The van der Waals surface area contributed by atoms with Gasteiger partial charge < -0.3 is 19.5 Å². The van der Waals surface area contributed by atoms with Gasteiger partial charge in [0.15, 0.2) is 11.5 Å². The number of nitrogens with one attached hydrogen (secondary N) is 1. The van der Waals surface area contributed by atoms with E-state index in [4.69, 9.17) is 14.2 Å². The summed E-state index contributed by atoms with van der Waals surface area (Å²) < 4.78 is 15.9. The fraction of sp³-hybridized carbons (Fsp3) is 0.227. The van der Waals surface area contributed by atoms with Crippen LogP contribution in [-0.2, 0) is 6.54 Å². The average Bonchev–Trinajstić information content (AvgIpc) is 3.01. The van der Waals surface area contributed by atoms with Gasteiger partial charge >= 0.3 is 0 Å². The summed E-state index contributed by atoms with van der Waals surface area (Å²) in [6.45, 7) is 3.87. The molecule has 2 aromatic rings. The number of ether oxygens (including phenoxy) is 3. The Morgan fingerprint density at radius 3 is 2.20 bits per heavy atom. The summed E-state index contributed by atoms with van der Waals surface area (Å²) in [6.07, 6.45) is 1.48. The van der Waals surface area contributed by atoms with E-state index in [9.17, 15) is 14.4 Å². The van der Waals surface area contributed by atoms with E-state index in [1.54, 1.807) is 12.1 Å². The van der Waals surface area contributed by atoms with E-state index < -0.39 is 5.91 Å². The maximum Gasteiger partial charge on any atom is 0.261 e. The molecule has 0 saturated heterocycles. The summed E-state index contributed by atoms with van der Waals surface area (Å²) in [5.74, 6) is 0.207. The molecular formula is C22H22N2O6. The molecular weight excluding hydrogens is 388 g/mol. The van der Waals surface area contributed by atoms with Crippen molar-refractivity contribution in [2.24, 2.45) is 0 Å². The summed E-state index contributed by atoms with van der Waals surface area (Å²) in [4.78, 5) is 38.4. The number of carbonyl (C=O) groups excluding carboxylic acids is 3. The van der Waals surface area contributed by atoms with Gasteiger partial charge in [-0.25, -0.2) is 0 Å². The zero-order valence-corrected chi connectivity index (χ0v) is 17.0. The summed E-state index contributed by atoms with van der Waals surface area (Å²) in [6, 6.07) is 7.92. The molecule has 156 valence electrons. The van der Waals surface area contributed by atoms with Crippen LogP contribution in [0.15, 0.2) is 43.0 Å². The van der Waals surface area contributed by atoms with Gasteiger partial charge in [-0.2, -0.15) is 0 Å². The zero-order chi connectivity index (χ0) is 21.8. The number of methoxy groups -OCH3 is 3. The van der Waals surface area contributed by atoms with Crippen LogP contribution in [0.5, 0.6) is 17.2 Å². The molecule has 0 fully saturated rings. The van der Waals surface area contributed by atoms with E-state index in [-0.39, 0.29) is 41.6 Å². The van der Waals surface area contributed by atoms with Gasteiger partial charge in [0.1, 0.15) is 0 Å². The first kappa shape index (κ1) is 20.9. The maximum absolute atomic E-state index is 12.6. The zero-order valence-electron chi connectivity index (χ0n) is 17.0. The highest BCUT2D eigenvalue weighted by atomic mass is 16.5. The minimum atomic E-state index is -0.436. The van der Waals surface area contributed by atoms with Crippen LogP contribution in [-0.4, -0.2) is 50.5 Å². The molecule has 3 amide bonds. The molecule has 0 atom stereocenters. The van der Waals surface area contributed by atoms with Crippen molar-refractivity contribution in [1.82, 2.24) is 10.2 Å². The molecule has 8 heteroatoms. The Hall–Kier alpha value is -3.81. The number of amides is 3. The second-order valence-electron chi connectivity index (χ2n) is 6.49. The SMILES string of the molecule is C=CCN1C(=O)c2ccc(C(=O)NCc3cc(OC)c(OC)c(OC)c3)cc2C1=O. The molecule has 0 spiro atoms. The fourth-order valence-corrected chi connectivity index (χ4v) is 3.25. The van der Waals surface area contributed by atoms with E-state index >= 15 is 0 Å². The van der Waals surface area contributed by atoms with E-state index in [1.165, 1.54) is 45.6 Å². The van der Waals surface area contributed by atoms with Gasteiger partial charge in [0.2, 0.25) is 5.75 Å². The molecule has 30 heavy (non-hydrogen) atoms. The van der Waals surface area contributed by atoms with Crippen molar-refractivity contribution in [3.63, 3.8) is 0 Å². The number of fused-ring (bicyclic) bond motifs is 1. The summed E-state index contributed by atoms with van der Waals surface area (Å²) in [5.41, 5.74) is 1.51. The Labute approximate surface area is 174 Å². The molecule has 0 aromatic heterocycles. The monoisotopic (exact) mass is 410 g/mol. The number of rotatable bonds is 8. The smallest absolute Gasteiger partial charge is 0.261 e. The van der Waals surface area contributed by atoms with Crippen LogP contribution in [0.4, 0.5) is 0 Å². The van der Waals surface area contributed by atoms with E-state index in [0.717, 1.165) is 10.5 Å². The average molecular weight is 410 g/mol. The maximum atomic E-state index is 12.6. The third-order valence-corrected chi connectivity index (χ3v) is 4.72. The molecule has 1 N–H and O–H groups in total. The van der Waals surface area contributed by atoms with Gasteiger partial charge in [0.05, 0.1) is 32.5 Å². The predicted octanol–water partition coefficient (Wildman–Crippen LogP) is 2.42. The first-order valence-electron chi connectivity index (χ1n) is 9.13. The van der Waals surface area contributed by atoms with Crippen LogP contribution in [0.25, 0.3) is 0 Å². The van der Waals surface area contributed by atoms with E-state index in [0.29, 0.717) is 17.2 Å². The summed E-state index contributed by atoms with van der Waals surface area (Å²) in [7, 11) is 4.54. The molecule has 0 radical (unpaired) electrons. The normalized spacial score (nSPS) is 12.4. The van der Waals surface area contributed by atoms with Crippen LogP contribution in [0.3, 0.4) is 0 Å². The van der Waals surface area contributed by atoms with Crippen LogP contribution in [0.1, 0.15) is 36.6 Å². The Kier molecular flexibility index (Phi) is 6.06. The molecule has 3 rings (SSSR count). The molecule has 0 saturated carbocycles. The van der Waals surface area contributed by atoms with Gasteiger partial charge in [-0.1, -0.05) is 6.08 Å². The molecule has 8 nitrogen and oxygen atoms in total. The van der Waals surface area contributed by atoms with Crippen LogP contribution >= 0.6 is 0 Å². The van der Waals surface area contributed by atoms with Gasteiger partial charge in [-0.05, 0) is 35.9 Å². The summed E-state index contributed by atoms with van der Waals surface area (Å²) >= 11 is 0. The molecule has 0 unspecified atom stereocenters. The predicted molar refractivity (Wildman–Crippen MR) is 109 cm³/mol. The van der Waals surface area contributed by atoms with Crippen LogP contribution in [0, 0.1) is 0 Å². The van der Waals surface area contributed by atoms with Gasteiger partial charge in [0.25, 0.3) is 17.7 Å². The van der Waals surface area contributed by atoms with Gasteiger partial charge in [-0.15, -0.1) is 6.58 Å². The minimum Gasteiger partial charge on any atom is -0.493 e. The molecule has 0 aliphatic carbocycles. The van der Waals surface area contributed by atoms with Crippen molar-refractivity contribution in [1.29, 1.82) is 0 Å². The quantitative estimate of drug-likeness (QED) is 0.531. The lowest BCUT2D eigenvalue weighted by Crippen LogP contribution is -2.29. The molecule has 2 aromatic carbocycles. The van der Waals surface area contributed by atoms with Crippen molar-refractivity contribution in [2.75, 3.05) is 27.9 Å². The minimum absolute atomic E-state index is 0.120. The van der Waals surface area contributed by atoms with Gasteiger partial charge in [-0.3, -0.25) is 19.3 Å².